The molecule has 6 aromatic rings. The minimum Gasteiger partial charge on any atom is -0.497 e. The molecule has 1 atom stereocenters. The van der Waals surface area contributed by atoms with E-state index in [0.717, 1.165) is 55.6 Å². The summed E-state index contributed by atoms with van der Waals surface area (Å²) in [5, 5.41) is 12.8. The van der Waals surface area contributed by atoms with E-state index in [1.165, 1.54) is 12.1 Å². The predicted octanol–water partition coefficient (Wildman–Crippen LogP) is 8.25. The first-order valence-electron chi connectivity index (χ1n) is 14.0. The zero-order chi connectivity index (χ0) is 30.0. The summed E-state index contributed by atoms with van der Waals surface area (Å²) in [6, 6.07) is 32.6. The molecule has 2 N–H and O–H groups in total. The van der Waals surface area contributed by atoms with Crippen LogP contribution in [0.3, 0.4) is 0 Å². The van der Waals surface area contributed by atoms with Gasteiger partial charge in [-0.25, -0.2) is 9.37 Å². The number of ether oxygens (including phenoxy) is 1. The third-order valence-corrected chi connectivity index (χ3v) is 8.75. The van der Waals surface area contributed by atoms with Gasteiger partial charge in [-0.3, -0.25) is 5.43 Å². The number of nitrogens with zero attached hydrogens (tertiary/aromatic N) is 3. The minimum atomic E-state index is -0.258. The number of fused-ring (bicyclic) bond motifs is 3. The molecule has 6 nitrogen and oxygen atoms in total. The Labute approximate surface area is 263 Å². The van der Waals surface area contributed by atoms with Crippen LogP contribution in [-0.2, 0) is 6.54 Å². The number of methoxy groups -OCH3 is 1. The fraction of sp³-hybridized carbons (Fsp3) is 0.0857. The highest BCUT2D eigenvalue weighted by molar-refractivity contribution is 8.03. The number of nitrogens with one attached hydrogen (secondary N) is 2. The predicted molar refractivity (Wildman–Crippen MR) is 179 cm³/mol. The van der Waals surface area contributed by atoms with Crippen molar-refractivity contribution in [3.63, 3.8) is 0 Å². The van der Waals surface area contributed by atoms with E-state index in [-0.39, 0.29) is 11.3 Å². The Balaban J connectivity index is 1.24. The van der Waals surface area contributed by atoms with Gasteiger partial charge < -0.3 is 14.6 Å². The number of hydrogen-bond acceptors (Lipinski definition) is 6. The van der Waals surface area contributed by atoms with Gasteiger partial charge in [0.2, 0.25) is 0 Å². The van der Waals surface area contributed by atoms with Crippen LogP contribution in [0.15, 0.2) is 114 Å². The maximum absolute atomic E-state index is 13.7. The summed E-state index contributed by atoms with van der Waals surface area (Å²) in [4.78, 5) is 5.08. The lowest BCUT2D eigenvalue weighted by Crippen LogP contribution is -2.31. The molecule has 1 aliphatic rings. The van der Waals surface area contributed by atoms with E-state index >= 15 is 0 Å². The lowest BCUT2D eigenvalue weighted by atomic mass is 10.1. The van der Waals surface area contributed by atoms with E-state index in [1.54, 1.807) is 25.1 Å². The van der Waals surface area contributed by atoms with Gasteiger partial charge in [-0.2, -0.15) is 5.10 Å². The highest BCUT2D eigenvalue weighted by atomic mass is 35.5. The molecule has 0 fully saturated rings. The molecule has 9 heteroatoms. The topological polar surface area (TPSA) is 63.5 Å². The summed E-state index contributed by atoms with van der Waals surface area (Å²) in [6.07, 6.45) is 1.74. The van der Waals surface area contributed by atoms with Crippen LogP contribution in [0.1, 0.15) is 16.8 Å². The third-order valence-electron chi connectivity index (χ3n) is 7.55. The maximum Gasteiger partial charge on any atom is 0.165 e. The van der Waals surface area contributed by atoms with Gasteiger partial charge in [0.1, 0.15) is 11.6 Å². The first-order valence-corrected chi connectivity index (χ1v) is 15.4. The average molecular weight is 620 g/mol. The summed E-state index contributed by atoms with van der Waals surface area (Å²) >= 11 is 8.36. The van der Waals surface area contributed by atoms with Gasteiger partial charge in [0.15, 0.2) is 5.50 Å². The van der Waals surface area contributed by atoms with E-state index in [1.807, 2.05) is 72.8 Å². The largest absolute Gasteiger partial charge is 0.497 e. The molecule has 0 amide bonds. The van der Waals surface area contributed by atoms with Gasteiger partial charge in [-0.15, -0.1) is 0 Å². The van der Waals surface area contributed by atoms with Crippen LogP contribution in [0.2, 0.25) is 5.02 Å². The Morgan fingerprint density at radius 1 is 1.00 bits per heavy atom. The zero-order valence-corrected chi connectivity index (χ0v) is 25.2. The van der Waals surface area contributed by atoms with E-state index in [4.69, 9.17) is 21.3 Å². The van der Waals surface area contributed by atoms with Crippen molar-refractivity contribution in [2.24, 2.45) is 5.10 Å². The molecule has 0 spiro atoms. The quantitative estimate of drug-likeness (QED) is 0.133. The molecular weight excluding hydrogens is 593 g/mol. The number of hydrogen-bond donors (Lipinski definition) is 2. The Kier molecular flexibility index (Phi) is 7.68. The standard InChI is InChI=1S/C35H27ClFN5OS/c1-43-26-16-12-23(13-17-26)31-21-44-35(40-31)41-38-19-25-18-29-27-6-3-5-9-32(27)42(20-22-10-14-24(37)15-11-22)34(29)33(39-25)28-7-2-4-8-30(28)36/h2-19,21,35,40-41H,20H2,1H3/b38-19+. The van der Waals surface area contributed by atoms with Gasteiger partial charge in [0, 0.05) is 28.4 Å². The van der Waals surface area contributed by atoms with Crippen LogP contribution < -0.4 is 15.5 Å². The molecule has 44 heavy (non-hydrogen) atoms. The summed E-state index contributed by atoms with van der Waals surface area (Å²) in [7, 11) is 1.66. The Hall–Kier alpha value is -4.79. The lowest BCUT2D eigenvalue weighted by molar-refractivity contribution is 0.415. The van der Waals surface area contributed by atoms with Crippen LogP contribution in [0.4, 0.5) is 4.39 Å². The molecule has 0 radical (unpaired) electrons. The number of hydrazone groups is 1. The van der Waals surface area contributed by atoms with Crippen LogP contribution >= 0.6 is 23.4 Å². The lowest BCUT2D eigenvalue weighted by Gasteiger charge is -2.13. The number of benzene rings is 4. The van der Waals surface area contributed by atoms with E-state index < -0.39 is 0 Å². The van der Waals surface area contributed by atoms with Crippen LogP contribution in [0.5, 0.6) is 5.75 Å². The molecule has 1 aliphatic heterocycles. The average Bonchev–Trinajstić information content (AvgIpc) is 3.65. The van der Waals surface area contributed by atoms with Crippen molar-refractivity contribution in [1.29, 1.82) is 0 Å². The smallest absolute Gasteiger partial charge is 0.165 e. The second-order valence-corrected chi connectivity index (χ2v) is 11.7. The molecule has 4 aromatic carbocycles. The van der Waals surface area contributed by atoms with Crippen molar-refractivity contribution in [2.45, 2.75) is 12.0 Å². The molecule has 3 heterocycles. The Morgan fingerprint density at radius 3 is 2.57 bits per heavy atom. The van der Waals surface area contributed by atoms with Crippen molar-refractivity contribution in [1.82, 2.24) is 20.3 Å². The summed E-state index contributed by atoms with van der Waals surface area (Å²) in [5.41, 5.74) is 10.4. The van der Waals surface area contributed by atoms with Gasteiger partial charge >= 0.3 is 0 Å². The number of aromatic nitrogens is 2. The molecule has 0 saturated heterocycles. The van der Waals surface area contributed by atoms with Crippen LogP contribution in [0, 0.1) is 5.82 Å². The molecule has 1 unspecified atom stereocenters. The van der Waals surface area contributed by atoms with E-state index in [0.29, 0.717) is 17.3 Å². The minimum absolute atomic E-state index is 0.132. The van der Waals surface area contributed by atoms with E-state index in [9.17, 15) is 4.39 Å². The van der Waals surface area contributed by atoms with Crippen molar-refractivity contribution < 1.29 is 9.13 Å². The van der Waals surface area contributed by atoms with E-state index in [2.05, 4.69) is 44.0 Å². The number of para-hydroxylation sites is 1. The Morgan fingerprint density at radius 2 is 1.77 bits per heavy atom. The maximum atomic E-state index is 13.7. The van der Waals surface area contributed by atoms with Crippen LogP contribution in [0.25, 0.3) is 38.8 Å². The van der Waals surface area contributed by atoms with Gasteiger partial charge in [0.05, 0.1) is 40.9 Å². The molecule has 0 saturated carbocycles. The second-order valence-electron chi connectivity index (χ2n) is 10.3. The van der Waals surface area contributed by atoms with Crippen molar-refractivity contribution >= 4 is 57.1 Å². The fourth-order valence-corrected chi connectivity index (χ4v) is 6.46. The van der Waals surface area contributed by atoms with Crippen molar-refractivity contribution in [3.05, 3.63) is 136 Å². The first-order chi connectivity index (χ1) is 21.6. The van der Waals surface area contributed by atoms with Gasteiger partial charge in [-0.1, -0.05) is 71.9 Å². The molecule has 2 aromatic heterocycles. The number of rotatable bonds is 8. The van der Waals surface area contributed by atoms with Crippen LogP contribution in [-0.4, -0.2) is 28.4 Å². The third kappa shape index (κ3) is 5.50. The normalized spacial score (nSPS) is 14.7. The molecule has 218 valence electrons. The summed E-state index contributed by atoms with van der Waals surface area (Å²) in [5.74, 6) is 0.560. The van der Waals surface area contributed by atoms with Crippen molar-refractivity contribution in [3.8, 4) is 17.0 Å². The summed E-state index contributed by atoms with van der Waals surface area (Å²) in [6.45, 7) is 0.548. The monoisotopic (exact) mass is 619 g/mol. The molecule has 0 aliphatic carbocycles. The molecular formula is C35H27ClFN5OS. The highest BCUT2D eigenvalue weighted by Gasteiger charge is 2.20. The van der Waals surface area contributed by atoms with Gasteiger partial charge in [-0.05, 0) is 71.1 Å². The number of pyridine rings is 1. The number of halogens is 2. The summed E-state index contributed by atoms with van der Waals surface area (Å²) < 4.78 is 21.2. The second kappa shape index (κ2) is 12.1. The fourth-order valence-electron chi connectivity index (χ4n) is 5.44. The Bertz CT molecular complexity index is 2040. The number of thioether (sulfide) groups is 1. The zero-order valence-electron chi connectivity index (χ0n) is 23.7. The molecule has 7 rings (SSSR count). The van der Waals surface area contributed by atoms with Crippen molar-refractivity contribution in [2.75, 3.05) is 7.11 Å². The molecule has 0 bridgehead atoms. The first kappa shape index (κ1) is 28.0. The highest BCUT2D eigenvalue weighted by Crippen LogP contribution is 2.38. The SMILES string of the molecule is COc1ccc(C2=CSC(N/N=C/c3cc4c5ccccc5n(Cc5ccc(F)cc5)c4c(-c4ccccc4Cl)n3)N2)cc1. The van der Waals surface area contributed by atoms with Gasteiger partial charge in [0.25, 0.3) is 0 Å².